The Kier molecular flexibility index (Phi) is 6.50. The maximum Gasteiger partial charge on any atom is 0.356 e. The molecule has 0 spiro atoms. The second kappa shape index (κ2) is 9.68. The molecule has 0 aliphatic carbocycles. The van der Waals surface area contributed by atoms with Crippen LogP contribution in [0.1, 0.15) is 17.2 Å². The van der Waals surface area contributed by atoms with Crippen molar-refractivity contribution in [2.75, 3.05) is 11.5 Å². The summed E-state index contributed by atoms with van der Waals surface area (Å²) in [4.78, 5) is 31.9. The lowest BCUT2D eigenvalue weighted by atomic mass is 10.0. The average Bonchev–Trinajstić information content (AvgIpc) is 3.39. The van der Waals surface area contributed by atoms with Crippen molar-refractivity contribution in [3.8, 4) is 0 Å². The van der Waals surface area contributed by atoms with Gasteiger partial charge in [-0.1, -0.05) is 72.4 Å². The molecule has 1 fully saturated rings. The summed E-state index contributed by atoms with van der Waals surface area (Å²) in [6.07, 6.45) is 0.910. The number of fused-ring (bicyclic) bond motifs is 1. The summed E-state index contributed by atoms with van der Waals surface area (Å²) in [5.41, 5.74) is 8.86. The maximum absolute atomic E-state index is 13.6. The molecule has 2 N–H and O–H groups in total. The summed E-state index contributed by atoms with van der Waals surface area (Å²) in [5.74, 6) is 0.332. The molecule has 1 unspecified atom stereocenters. The monoisotopic (exact) mass is 496 g/mol. The number of thioether (sulfide) groups is 2. The van der Waals surface area contributed by atoms with E-state index in [9.17, 15) is 9.59 Å². The zero-order chi connectivity index (χ0) is 22.8. The molecule has 168 valence electrons. The number of amides is 1. The number of aromatic nitrogens is 2. The van der Waals surface area contributed by atoms with Gasteiger partial charge >= 0.3 is 5.97 Å². The quantitative estimate of drug-likeness (QED) is 0.302. The second-order valence-corrected chi connectivity index (χ2v) is 10.6. The molecule has 3 aromatic rings. The fraction of sp³-hybridized carbons (Fsp3) is 0.217. The zero-order valence-electron chi connectivity index (χ0n) is 17.4. The number of nitrogens with two attached hydrogens (primary N) is 1. The van der Waals surface area contributed by atoms with Gasteiger partial charge in [-0.2, -0.15) is 4.37 Å². The van der Waals surface area contributed by atoms with Crippen LogP contribution in [0.2, 0.25) is 0 Å². The van der Waals surface area contributed by atoms with E-state index in [1.54, 1.807) is 11.8 Å². The van der Waals surface area contributed by atoms with Gasteiger partial charge in [0, 0.05) is 11.5 Å². The number of nitrogens with zero attached hydrogens (tertiary/aromatic N) is 3. The maximum atomic E-state index is 13.6. The molecule has 0 radical (unpaired) electrons. The molecule has 0 bridgehead atoms. The van der Waals surface area contributed by atoms with Gasteiger partial charge in [0.25, 0.3) is 0 Å². The molecule has 0 saturated carbocycles. The number of hydrogen-bond acceptors (Lipinski definition) is 9. The van der Waals surface area contributed by atoms with Crippen molar-refractivity contribution in [2.45, 2.75) is 21.9 Å². The predicted molar refractivity (Wildman–Crippen MR) is 130 cm³/mol. The first-order chi connectivity index (χ1) is 16.1. The summed E-state index contributed by atoms with van der Waals surface area (Å²) in [6.45, 7) is 0. The summed E-state index contributed by atoms with van der Waals surface area (Å²) in [7, 11) is 0. The third kappa shape index (κ3) is 4.43. The number of carbonyl (C=O) groups is 2. The Labute approximate surface area is 203 Å². The van der Waals surface area contributed by atoms with Crippen molar-refractivity contribution >= 4 is 46.9 Å². The van der Waals surface area contributed by atoms with E-state index in [-0.39, 0.29) is 11.3 Å². The van der Waals surface area contributed by atoms with E-state index >= 15 is 0 Å². The molecule has 2 aliphatic rings. The van der Waals surface area contributed by atoms with E-state index in [1.807, 2.05) is 60.7 Å². The largest absolute Gasteiger partial charge is 0.448 e. The van der Waals surface area contributed by atoms with Crippen LogP contribution in [-0.2, 0) is 14.3 Å². The van der Waals surface area contributed by atoms with Gasteiger partial charge in [-0.25, -0.2) is 9.78 Å². The number of β-lactam (4-membered cyclic amide) rings is 1. The molecule has 10 heteroatoms. The van der Waals surface area contributed by atoms with Crippen LogP contribution in [0.4, 0.5) is 0 Å². The van der Waals surface area contributed by atoms with Gasteiger partial charge in [-0.3, -0.25) is 9.69 Å². The van der Waals surface area contributed by atoms with Crippen LogP contribution in [0, 0.1) is 0 Å². The average molecular weight is 497 g/mol. The van der Waals surface area contributed by atoms with E-state index in [0.717, 1.165) is 21.0 Å². The number of esters is 1. The number of hydrogen-bond donors (Lipinski definition) is 1. The van der Waals surface area contributed by atoms with Crippen molar-refractivity contribution in [3.63, 3.8) is 0 Å². The Balaban J connectivity index is 1.47. The Hall–Kier alpha value is -2.66. The van der Waals surface area contributed by atoms with Crippen LogP contribution in [0.3, 0.4) is 0 Å². The summed E-state index contributed by atoms with van der Waals surface area (Å²) < 4.78 is 10.9. The molecular formula is C23H20N4O3S3. The number of carbonyl (C=O) groups excluding carboxylic acids is 2. The van der Waals surface area contributed by atoms with Crippen LogP contribution < -0.4 is 5.73 Å². The standard InChI is InChI=1S/C23H20N4O3S3/c24-17-20(28)27-18(16(11-31-21(17)27)12-32-23-25-13-26-33-23)22(29)30-19(14-7-3-1-4-8-14)15-9-5-2-6-10-15/h1-10,13,17,19,21H,11-12,24H2/t17?,21-/m1/s1. The molecular weight excluding hydrogens is 476 g/mol. The van der Waals surface area contributed by atoms with E-state index in [1.165, 1.54) is 34.5 Å². The van der Waals surface area contributed by atoms with Crippen LogP contribution >= 0.6 is 35.1 Å². The number of benzene rings is 2. The number of rotatable bonds is 7. The molecule has 2 atom stereocenters. The highest BCUT2D eigenvalue weighted by atomic mass is 32.2. The highest BCUT2D eigenvalue weighted by Crippen LogP contribution is 2.42. The lowest BCUT2D eigenvalue weighted by Gasteiger charge is -2.48. The summed E-state index contributed by atoms with van der Waals surface area (Å²) in [5, 5.41) is -0.248. The number of ether oxygens (including phenoxy) is 1. The van der Waals surface area contributed by atoms with E-state index in [2.05, 4.69) is 9.36 Å². The summed E-state index contributed by atoms with van der Waals surface area (Å²) in [6, 6.07) is 18.6. The lowest BCUT2D eigenvalue weighted by molar-refractivity contribution is -0.153. The predicted octanol–water partition coefficient (Wildman–Crippen LogP) is 3.46. The Morgan fingerprint density at radius 1 is 1.15 bits per heavy atom. The molecule has 2 aliphatic heterocycles. The van der Waals surface area contributed by atoms with Gasteiger partial charge in [0.2, 0.25) is 5.91 Å². The second-order valence-electron chi connectivity index (χ2n) is 7.49. The van der Waals surface area contributed by atoms with Crippen molar-refractivity contribution in [1.82, 2.24) is 14.3 Å². The van der Waals surface area contributed by atoms with Crippen molar-refractivity contribution in [3.05, 3.63) is 89.4 Å². The smallest absolute Gasteiger partial charge is 0.356 e. The van der Waals surface area contributed by atoms with E-state index < -0.39 is 18.1 Å². The highest BCUT2D eigenvalue weighted by Gasteiger charge is 2.52. The van der Waals surface area contributed by atoms with Crippen LogP contribution in [-0.4, -0.2) is 49.1 Å². The zero-order valence-corrected chi connectivity index (χ0v) is 19.8. The fourth-order valence-electron chi connectivity index (χ4n) is 3.80. The lowest BCUT2D eigenvalue weighted by Crippen LogP contribution is -2.68. The molecule has 1 amide bonds. The van der Waals surface area contributed by atoms with E-state index in [0.29, 0.717) is 17.2 Å². The minimum absolute atomic E-state index is 0.248. The van der Waals surface area contributed by atoms with Crippen LogP contribution in [0.25, 0.3) is 0 Å². The molecule has 33 heavy (non-hydrogen) atoms. The van der Waals surface area contributed by atoms with Gasteiger partial charge in [-0.05, 0) is 28.2 Å². The first-order valence-corrected chi connectivity index (χ1v) is 13.1. The van der Waals surface area contributed by atoms with Crippen LogP contribution in [0.15, 0.2) is 82.6 Å². The van der Waals surface area contributed by atoms with Gasteiger partial charge in [0.15, 0.2) is 10.4 Å². The Morgan fingerprint density at radius 3 is 2.42 bits per heavy atom. The van der Waals surface area contributed by atoms with E-state index in [4.69, 9.17) is 10.5 Å². The van der Waals surface area contributed by atoms with Gasteiger partial charge in [0.1, 0.15) is 23.4 Å². The molecule has 1 saturated heterocycles. The molecule has 5 rings (SSSR count). The fourth-order valence-corrected chi connectivity index (χ4v) is 6.68. The Morgan fingerprint density at radius 2 is 1.82 bits per heavy atom. The van der Waals surface area contributed by atoms with Gasteiger partial charge < -0.3 is 10.5 Å². The minimum atomic E-state index is -0.603. The topological polar surface area (TPSA) is 98.4 Å². The third-order valence-electron chi connectivity index (χ3n) is 5.42. The first-order valence-electron chi connectivity index (χ1n) is 10.3. The van der Waals surface area contributed by atoms with Gasteiger partial charge in [0.05, 0.1) is 0 Å². The van der Waals surface area contributed by atoms with Gasteiger partial charge in [-0.15, -0.1) is 11.8 Å². The molecule has 3 heterocycles. The van der Waals surface area contributed by atoms with Crippen molar-refractivity contribution < 1.29 is 14.3 Å². The van der Waals surface area contributed by atoms with Crippen LogP contribution in [0.5, 0.6) is 0 Å². The molecule has 1 aromatic heterocycles. The normalized spacial score (nSPS) is 19.9. The SMILES string of the molecule is NC1C(=O)N2C(C(=O)OC(c3ccccc3)c3ccccc3)=C(CSc3ncns3)CS[C@H]12. The Bertz CT molecular complexity index is 1130. The first kappa shape index (κ1) is 22.1. The third-order valence-corrected chi connectivity index (χ3v) is 8.67. The van der Waals surface area contributed by atoms with Crippen molar-refractivity contribution in [1.29, 1.82) is 0 Å². The minimum Gasteiger partial charge on any atom is -0.448 e. The van der Waals surface area contributed by atoms with Crippen molar-refractivity contribution in [2.24, 2.45) is 5.73 Å². The molecule has 7 nitrogen and oxygen atoms in total. The highest BCUT2D eigenvalue weighted by molar-refractivity contribution is 8.01. The summed E-state index contributed by atoms with van der Waals surface area (Å²) >= 11 is 4.36. The molecule has 2 aromatic carbocycles.